The highest BCUT2D eigenvalue weighted by molar-refractivity contribution is 5.10. The van der Waals surface area contributed by atoms with Crippen LogP contribution >= 0.6 is 0 Å². The van der Waals surface area contributed by atoms with Gasteiger partial charge in [-0.05, 0) is 33.6 Å². The van der Waals surface area contributed by atoms with Crippen molar-refractivity contribution in [2.75, 3.05) is 0 Å². The van der Waals surface area contributed by atoms with Crippen molar-refractivity contribution < 1.29 is 10.2 Å². The molecule has 2 heteroatoms. The monoisotopic (exact) mass is 170 g/mol. The summed E-state index contributed by atoms with van der Waals surface area (Å²) in [5.41, 5.74) is 0.458. The first-order valence-electron chi connectivity index (χ1n) is 4.49. The molecule has 0 saturated heterocycles. The summed E-state index contributed by atoms with van der Waals surface area (Å²) < 4.78 is 0. The van der Waals surface area contributed by atoms with Gasteiger partial charge in [-0.3, -0.25) is 0 Å². The van der Waals surface area contributed by atoms with Gasteiger partial charge in [0.2, 0.25) is 0 Å². The molecule has 12 heavy (non-hydrogen) atoms. The van der Waals surface area contributed by atoms with Crippen LogP contribution in [-0.4, -0.2) is 21.9 Å². The van der Waals surface area contributed by atoms with E-state index < -0.39 is 11.7 Å². The van der Waals surface area contributed by atoms with Gasteiger partial charge in [-0.15, -0.1) is 0 Å². The number of rotatable bonds is 1. The maximum absolute atomic E-state index is 9.71. The first kappa shape index (κ1) is 9.75. The zero-order valence-corrected chi connectivity index (χ0v) is 8.04. The molecule has 0 saturated carbocycles. The summed E-state index contributed by atoms with van der Waals surface area (Å²) in [5.74, 6) is -0.0128. The summed E-state index contributed by atoms with van der Waals surface area (Å²) in [7, 11) is 0. The van der Waals surface area contributed by atoms with E-state index in [0.717, 1.165) is 12.8 Å². The Morgan fingerprint density at radius 1 is 1.50 bits per heavy atom. The van der Waals surface area contributed by atoms with Crippen molar-refractivity contribution in [3.8, 4) is 0 Å². The van der Waals surface area contributed by atoms with Crippen LogP contribution in [0.15, 0.2) is 11.6 Å². The van der Waals surface area contributed by atoms with E-state index in [9.17, 15) is 10.2 Å². The van der Waals surface area contributed by atoms with Gasteiger partial charge >= 0.3 is 0 Å². The lowest BCUT2D eigenvalue weighted by atomic mass is 9.78. The molecular weight excluding hydrogens is 152 g/mol. The zero-order chi connectivity index (χ0) is 9.35. The van der Waals surface area contributed by atoms with Gasteiger partial charge in [0.15, 0.2) is 0 Å². The Labute approximate surface area is 73.9 Å². The highest BCUT2D eigenvalue weighted by atomic mass is 16.3. The molecule has 0 bridgehead atoms. The molecule has 2 atom stereocenters. The highest BCUT2D eigenvalue weighted by Crippen LogP contribution is 2.31. The molecule has 2 nitrogen and oxygen atoms in total. The number of aliphatic hydroxyl groups is 2. The Kier molecular flexibility index (Phi) is 2.59. The average molecular weight is 170 g/mol. The van der Waals surface area contributed by atoms with Crippen LogP contribution in [0.5, 0.6) is 0 Å². The van der Waals surface area contributed by atoms with E-state index in [-0.39, 0.29) is 5.92 Å². The van der Waals surface area contributed by atoms with Crippen molar-refractivity contribution in [2.45, 2.75) is 45.3 Å². The Morgan fingerprint density at radius 3 is 2.50 bits per heavy atom. The van der Waals surface area contributed by atoms with E-state index in [1.807, 2.05) is 13.0 Å². The minimum absolute atomic E-state index is 0.0128. The van der Waals surface area contributed by atoms with Gasteiger partial charge in [0, 0.05) is 5.92 Å². The lowest BCUT2D eigenvalue weighted by Crippen LogP contribution is -2.40. The molecule has 2 unspecified atom stereocenters. The number of allylic oxidation sites excluding steroid dienone is 1. The predicted molar refractivity (Wildman–Crippen MR) is 48.8 cm³/mol. The highest BCUT2D eigenvalue weighted by Gasteiger charge is 2.33. The molecule has 1 aliphatic carbocycles. The zero-order valence-electron chi connectivity index (χ0n) is 8.04. The summed E-state index contributed by atoms with van der Waals surface area (Å²) in [6.07, 6.45) is 3.25. The molecule has 0 radical (unpaired) electrons. The van der Waals surface area contributed by atoms with E-state index in [4.69, 9.17) is 0 Å². The molecule has 0 amide bonds. The minimum atomic E-state index is -0.767. The van der Waals surface area contributed by atoms with Gasteiger partial charge in [0.05, 0.1) is 11.7 Å². The molecule has 2 N–H and O–H groups in total. The number of aliphatic hydroxyl groups excluding tert-OH is 1. The second kappa shape index (κ2) is 3.19. The molecule has 0 aromatic carbocycles. The van der Waals surface area contributed by atoms with Crippen molar-refractivity contribution in [2.24, 2.45) is 5.92 Å². The van der Waals surface area contributed by atoms with Gasteiger partial charge in [0.25, 0.3) is 0 Å². The summed E-state index contributed by atoms with van der Waals surface area (Å²) in [6.45, 7) is 5.54. The standard InChI is InChI=1S/C10H18O2/c1-7-4-5-8(9(11)6-7)10(2,3)12/h6,8-9,11-12H,4-5H2,1-3H3. The molecule has 0 aromatic heterocycles. The van der Waals surface area contributed by atoms with Crippen molar-refractivity contribution in [1.29, 1.82) is 0 Å². The Morgan fingerprint density at radius 2 is 2.08 bits per heavy atom. The average Bonchev–Trinajstić information content (AvgIpc) is 1.83. The fourth-order valence-electron chi connectivity index (χ4n) is 1.82. The SMILES string of the molecule is CC1=CC(O)C(C(C)(C)O)CC1. The summed E-state index contributed by atoms with van der Waals surface area (Å²) in [5, 5.41) is 19.3. The Hall–Kier alpha value is -0.340. The largest absolute Gasteiger partial charge is 0.390 e. The maximum Gasteiger partial charge on any atom is 0.0778 e. The minimum Gasteiger partial charge on any atom is -0.390 e. The van der Waals surface area contributed by atoms with Crippen LogP contribution in [-0.2, 0) is 0 Å². The molecular formula is C10H18O2. The quantitative estimate of drug-likeness (QED) is 0.585. The molecule has 0 spiro atoms. The van der Waals surface area contributed by atoms with E-state index >= 15 is 0 Å². The van der Waals surface area contributed by atoms with E-state index in [1.54, 1.807) is 13.8 Å². The van der Waals surface area contributed by atoms with Crippen LogP contribution in [0.4, 0.5) is 0 Å². The van der Waals surface area contributed by atoms with E-state index in [1.165, 1.54) is 5.57 Å². The third-order valence-corrected chi connectivity index (χ3v) is 2.62. The maximum atomic E-state index is 9.71. The van der Waals surface area contributed by atoms with Crippen LogP contribution in [0.2, 0.25) is 0 Å². The Bertz CT molecular complexity index is 189. The summed E-state index contributed by atoms with van der Waals surface area (Å²) in [4.78, 5) is 0. The van der Waals surface area contributed by atoms with Crippen molar-refractivity contribution in [3.05, 3.63) is 11.6 Å². The fourth-order valence-corrected chi connectivity index (χ4v) is 1.82. The van der Waals surface area contributed by atoms with Crippen LogP contribution in [0.25, 0.3) is 0 Å². The van der Waals surface area contributed by atoms with E-state index in [0.29, 0.717) is 0 Å². The molecule has 1 aliphatic rings. The number of hydrogen-bond acceptors (Lipinski definition) is 2. The molecule has 1 rings (SSSR count). The lowest BCUT2D eigenvalue weighted by molar-refractivity contribution is -0.0378. The topological polar surface area (TPSA) is 40.5 Å². The normalized spacial score (nSPS) is 31.6. The van der Waals surface area contributed by atoms with Crippen LogP contribution < -0.4 is 0 Å². The predicted octanol–water partition coefficient (Wildman–Crippen LogP) is 1.47. The van der Waals surface area contributed by atoms with Crippen molar-refractivity contribution in [3.63, 3.8) is 0 Å². The first-order chi connectivity index (χ1) is 5.41. The summed E-state index contributed by atoms with van der Waals surface area (Å²) in [6, 6.07) is 0. The number of hydrogen-bond donors (Lipinski definition) is 2. The molecule has 0 aromatic rings. The van der Waals surface area contributed by atoms with Crippen molar-refractivity contribution in [1.82, 2.24) is 0 Å². The van der Waals surface area contributed by atoms with Gasteiger partial charge < -0.3 is 10.2 Å². The smallest absolute Gasteiger partial charge is 0.0778 e. The third kappa shape index (κ3) is 2.08. The lowest BCUT2D eigenvalue weighted by Gasteiger charge is -2.35. The van der Waals surface area contributed by atoms with Gasteiger partial charge in [-0.1, -0.05) is 11.6 Å². The Balaban J connectivity index is 2.72. The molecule has 0 aliphatic heterocycles. The third-order valence-electron chi connectivity index (χ3n) is 2.62. The fraction of sp³-hybridized carbons (Fsp3) is 0.800. The molecule has 0 fully saturated rings. The van der Waals surface area contributed by atoms with Gasteiger partial charge in [0.1, 0.15) is 0 Å². The summed E-state index contributed by atoms with van der Waals surface area (Å²) >= 11 is 0. The van der Waals surface area contributed by atoms with Gasteiger partial charge in [-0.25, -0.2) is 0 Å². The molecule has 0 heterocycles. The molecule has 70 valence electrons. The van der Waals surface area contributed by atoms with E-state index in [2.05, 4.69) is 0 Å². The van der Waals surface area contributed by atoms with Crippen LogP contribution in [0, 0.1) is 5.92 Å². The second-order valence-electron chi connectivity index (χ2n) is 4.30. The second-order valence-corrected chi connectivity index (χ2v) is 4.30. The van der Waals surface area contributed by atoms with Crippen molar-refractivity contribution >= 4 is 0 Å². The van der Waals surface area contributed by atoms with Crippen LogP contribution in [0.1, 0.15) is 33.6 Å². The first-order valence-corrected chi connectivity index (χ1v) is 4.49. The van der Waals surface area contributed by atoms with Gasteiger partial charge in [-0.2, -0.15) is 0 Å². The van der Waals surface area contributed by atoms with Crippen LogP contribution in [0.3, 0.4) is 0 Å².